The Balaban J connectivity index is 1.61. The Morgan fingerprint density at radius 2 is 2.10 bits per heavy atom. The van der Waals surface area contributed by atoms with E-state index in [-0.39, 0.29) is 5.56 Å². The SMILES string of the molecule is COc1ccnc(N2NNC3=C2CCN(C(=O)c2cccc(C(F)(F)F)c2Cl)[C@@H]3C)c1. The highest BCUT2D eigenvalue weighted by Gasteiger charge is 2.39. The van der Waals surface area contributed by atoms with Crippen LogP contribution in [0.25, 0.3) is 0 Å². The van der Waals surface area contributed by atoms with E-state index in [1.54, 1.807) is 37.4 Å². The second-order valence-electron chi connectivity index (χ2n) is 7.08. The highest BCUT2D eigenvalue weighted by molar-refractivity contribution is 6.34. The Bertz CT molecular complexity index is 1060. The number of carbonyl (C=O) groups excluding carboxylic acids is 1. The molecule has 0 bridgehead atoms. The largest absolute Gasteiger partial charge is 0.497 e. The molecule has 11 heteroatoms. The number of ether oxygens (including phenoxy) is 1. The number of pyridine rings is 1. The maximum absolute atomic E-state index is 13.2. The molecule has 4 rings (SSSR count). The second-order valence-corrected chi connectivity index (χ2v) is 7.45. The molecule has 2 aliphatic heterocycles. The average Bonchev–Trinajstić information content (AvgIpc) is 3.18. The predicted molar refractivity (Wildman–Crippen MR) is 108 cm³/mol. The lowest BCUT2D eigenvalue weighted by atomic mass is 10.0. The molecule has 1 aromatic heterocycles. The Morgan fingerprint density at radius 3 is 2.81 bits per heavy atom. The minimum Gasteiger partial charge on any atom is -0.497 e. The molecule has 0 saturated carbocycles. The monoisotopic (exact) mass is 453 g/mol. The Morgan fingerprint density at radius 1 is 1.32 bits per heavy atom. The van der Waals surface area contributed by atoms with E-state index in [4.69, 9.17) is 16.3 Å². The first-order valence-electron chi connectivity index (χ1n) is 9.44. The number of amides is 1. The lowest BCUT2D eigenvalue weighted by molar-refractivity contribution is -0.137. The highest BCUT2D eigenvalue weighted by atomic mass is 35.5. The van der Waals surface area contributed by atoms with Gasteiger partial charge in [0.1, 0.15) is 5.75 Å². The quantitative estimate of drug-likeness (QED) is 0.738. The number of rotatable bonds is 3. The molecule has 1 amide bonds. The summed E-state index contributed by atoms with van der Waals surface area (Å²) in [5.41, 5.74) is 6.47. The normalized spacial score (nSPS) is 18.7. The van der Waals surface area contributed by atoms with Crippen molar-refractivity contribution in [2.45, 2.75) is 25.6 Å². The zero-order valence-electron chi connectivity index (χ0n) is 16.6. The van der Waals surface area contributed by atoms with Crippen LogP contribution in [0.1, 0.15) is 29.3 Å². The molecule has 31 heavy (non-hydrogen) atoms. The smallest absolute Gasteiger partial charge is 0.417 e. The number of alkyl halides is 3. The number of carbonyl (C=O) groups is 1. The molecule has 0 fully saturated rings. The van der Waals surface area contributed by atoms with E-state index in [1.807, 2.05) is 0 Å². The summed E-state index contributed by atoms with van der Waals surface area (Å²) in [7, 11) is 1.56. The minimum absolute atomic E-state index is 0.176. The van der Waals surface area contributed by atoms with E-state index in [2.05, 4.69) is 15.9 Å². The third-order valence-corrected chi connectivity index (χ3v) is 5.74. The standard InChI is InChI=1S/C20H19ClF3N5O2/c1-11-18-15(29(27-26-18)16-10-12(31-2)6-8-25-16)7-9-28(11)19(30)13-4-3-5-14(17(13)21)20(22,23)24/h3-6,8,10-11,26-27H,7,9H2,1-2H3/t11-/m1/s1. The van der Waals surface area contributed by atoms with Crippen LogP contribution in [0.5, 0.6) is 5.75 Å². The molecule has 1 atom stereocenters. The number of methoxy groups -OCH3 is 1. The van der Waals surface area contributed by atoms with Crippen LogP contribution >= 0.6 is 11.6 Å². The van der Waals surface area contributed by atoms with Gasteiger partial charge in [-0.05, 0) is 25.1 Å². The van der Waals surface area contributed by atoms with Gasteiger partial charge in [0, 0.05) is 25.2 Å². The average molecular weight is 454 g/mol. The Kier molecular flexibility index (Phi) is 5.44. The van der Waals surface area contributed by atoms with E-state index in [1.165, 1.54) is 17.0 Å². The number of benzene rings is 1. The van der Waals surface area contributed by atoms with Gasteiger partial charge < -0.3 is 15.1 Å². The highest BCUT2D eigenvalue weighted by Crippen LogP contribution is 2.38. The summed E-state index contributed by atoms with van der Waals surface area (Å²) in [6, 6.07) is 6.42. The summed E-state index contributed by atoms with van der Waals surface area (Å²) in [5.74, 6) is 0.681. The van der Waals surface area contributed by atoms with Crippen LogP contribution in [-0.4, -0.2) is 35.5 Å². The topological polar surface area (TPSA) is 69.7 Å². The second kappa shape index (κ2) is 7.93. The van der Waals surface area contributed by atoms with Crippen molar-refractivity contribution >= 4 is 23.3 Å². The Hall–Kier alpha value is -2.98. The summed E-state index contributed by atoms with van der Waals surface area (Å²) >= 11 is 5.96. The maximum Gasteiger partial charge on any atom is 0.417 e. The third kappa shape index (κ3) is 3.77. The summed E-state index contributed by atoms with van der Waals surface area (Å²) in [6.07, 6.45) is -2.56. The first-order chi connectivity index (χ1) is 14.7. The first kappa shape index (κ1) is 21.3. The lowest BCUT2D eigenvalue weighted by Crippen LogP contribution is -2.46. The van der Waals surface area contributed by atoms with Crippen LogP contribution in [0.4, 0.5) is 19.0 Å². The zero-order chi connectivity index (χ0) is 22.3. The van der Waals surface area contributed by atoms with Crippen LogP contribution in [0.15, 0.2) is 47.9 Å². The van der Waals surface area contributed by atoms with Gasteiger partial charge in [-0.3, -0.25) is 4.79 Å². The van der Waals surface area contributed by atoms with Crippen molar-refractivity contribution < 1.29 is 22.7 Å². The van der Waals surface area contributed by atoms with Gasteiger partial charge in [0.05, 0.1) is 40.7 Å². The van der Waals surface area contributed by atoms with Crippen LogP contribution in [0.2, 0.25) is 5.02 Å². The van der Waals surface area contributed by atoms with Crippen molar-refractivity contribution in [2.24, 2.45) is 0 Å². The van der Waals surface area contributed by atoms with Gasteiger partial charge in [-0.2, -0.15) is 13.2 Å². The number of nitrogens with one attached hydrogen (secondary N) is 2. The fourth-order valence-electron chi connectivity index (χ4n) is 3.74. The summed E-state index contributed by atoms with van der Waals surface area (Å²) in [4.78, 5) is 18.9. The number of hydrogen-bond donors (Lipinski definition) is 2. The number of halogens is 4. The van der Waals surface area contributed by atoms with Crippen molar-refractivity contribution in [2.75, 3.05) is 18.7 Å². The third-order valence-electron chi connectivity index (χ3n) is 5.34. The number of anilines is 1. The molecule has 7 nitrogen and oxygen atoms in total. The first-order valence-corrected chi connectivity index (χ1v) is 9.81. The molecule has 3 heterocycles. The molecular formula is C20H19ClF3N5O2. The molecule has 0 radical (unpaired) electrons. The molecule has 2 aromatic rings. The van der Waals surface area contributed by atoms with Crippen LogP contribution in [0, 0.1) is 0 Å². The molecule has 2 aliphatic rings. The van der Waals surface area contributed by atoms with Crippen molar-refractivity contribution in [1.29, 1.82) is 0 Å². The van der Waals surface area contributed by atoms with Crippen molar-refractivity contribution in [3.8, 4) is 5.75 Å². The van der Waals surface area contributed by atoms with E-state index < -0.39 is 28.7 Å². The van der Waals surface area contributed by atoms with E-state index in [9.17, 15) is 18.0 Å². The minimum atomic E-state index is -4.64. The van der Waals surface area contributed by atoms with Gasteiger partial charge in [0.2, 0.25) is 0 Å². The fourth-order valence-corrected chi connectivity index (χ4v) is 4.05. The van der Waals surface area contributed by atoms with Crippen molar-refractivity contribution in [3.05, 3.63) is 64.1 Å². The zero-order valence-corrected chi connectivity index (χ0v) is 17.4. The van der Waals surface area contributed by atoms with Crippen LogP contribution in [-0.2, 0) is 6.18 Å². The van der Waals surface area contributed by atoms with Gasteiger partial charge in [-0.25, -0.2) is 9.99 Å². The van der Waals surface area contributed by atoms with Gasteiger partial charge in [-0.15, -0.1) is 5.53 Å². The molecule has 0 spiro atoms. The number of nitrogens with zero attached hydrogens (tertiary/aromatic N) is 3. The summed E-state index contributed by atoms with van der Waals surface area (Å²) < 4.78 is 44.8. The number of hydrogen-bond acceptors (Lipinski definition) is 6. The summed E-state index contributed by atoms with van der Waals surface area (Å²) in [6.45, 7) is 2.10. The van der Waals surface area contributed by atoms with Gasteiger partial charge in [0.25, 0.3) is 5.91 Å². The van der Waals surface area contributed by atoms with Gasteiger partial charge >= 0.3 is 6.18 Å². The molecular weight excluding hydrogens is 435 g/mol. The van der Waals surface area contributed by atoms with Crippen molar-refractivity contribution in [3.63, 3.8) is 0 Å². The fraction of sp³-hybridized carbons (Fsp3) is 0.300. The van der Waals surface area contributed by atoms with Crippen LogP contribution < -0.4 is 20.7 Å². The van der Waals surface area contributed by atoms with Crippen LogP contribution in [0.3, 0.4) is 0 Å². The number of aromatic nitrogens is 1. The lowest BCUT2D eigenvalue weighted by Gasteiger charge is -2.35. The molecule has 1 aromatic carbocycles. The molecule has 0 saturated heterocycles. The molecule has 164 valence electrons. The Labute approximate surface area is 181 Å². The maximum atomic E-state index is 13.2. The summed E-state index contributed by atoms with van der Waals surface area (Å²) in [5, 5.41) is 1.17. The molecule has 2 N–H and O–H groups in total. The van der Waals surface area contributed by atoms with E-state index in [0.717, 1.165) is 17.5 Å². The predicted octanol–water partition coefficient (Wildman–Crippen LogP) is 3.74. The molecule has 0 unspecified atom stereocenters. The van der Waals surface area contributed by atoms with Gasteiger partial charge in [0.15, 0.2) is 5.82 Å². The van der Waals surface area contributed by atoms with E-state index in [0.29, 0.717) is 24.5 Å². The van der Waals surface area contributed by atoms with Crippen molar-refractivity contribution in [1.82, 2.24) is 20.8 Å². The molecule has 0 aliphatic carbocycles. The van der Waals surface area contributed by atoms with E-state index >= 15 is 0 Å². The number of hydrazine groups is 2. The van der Waals surface area contributed by atoms with Gasteiger partial charge in [-0.1, -0.05) is 17.7 Å².